The van der Waals surface area contributed by atoms with E-state index < -0.39 is 0 Å². The van der Waals surface area contributed by atoms with E-state index in [1.165, 1.54) is 39.0 Å². The van der Waals surface area contributed by atoms with Crippen molar-refractivity contribution in [3.8, 4) is 11.1 Å². The molecule has 0 saturated heterocycles. The van der Waals surface area contributed by atoms with E-state index in [-0.39, 0.29) is 0 Å². The summed E-state index contributed by atoms with van der Waals surface area (Å²) < 4.78 is 0. The monoisotopic (exact) mass is 871 g/mol. The van der Waals surface area contributed by atoms with Crippen LogP contribution >= 0.6 is 0 Å². The third-order valence-corrected chi connectivity index (χ3v) is 13.2. The first-order chi connectivity index (χ1) is 32.8. The Morgan fingerprint density at radius 1 is 0.806 bits per heavy atom. The van der Waals surface area contributed by atoms with Crippen molar-refractivity contribution in [2.24, 2.45) is 5.92 Å². The zero-order valence-corrected chi connectivity index (χ0v) is 39.7. The molecule has 2 heterocycles. The summed E-state index contributed by atoms with van der Waals surface area (Å²) >= 11 is 0. The molecule has 332 valence electrons. The molecule has 0 fully saturated rings. The molecule has 0 bridgehead atoms. The molecule has 6 aromatic rings. The maximum absolute atomic E-state index is 5.38. The van der Waals surface area contributed by atoms with Crippen LogP contribution < -0.4 is 10.6 Å². The van der Waals surface area contributed by atoms with E-state index in [0.717, 1.165) is 116 Å². The molecule has 1 unspecified atom stereocenters. The Morgan fingerprint density at radius 2 is 1.61 bits per heavy atom. The number of hydrogen-bond donors (Lipinski definition) is 1. The molecule has 0 spiro atoms. The second-order valence-corrected chi connectivity index (χ2v) is 18.3. The maximum atomic E-state index is 5.38. The topological polar surface area (TPSA) is 41.6 Å². The molecule has 1 N–H and O–H groups in total. The van der Waals surface area contributed by atoms with E-state index in [4.69, 9.17) is 9.97 Å². The van der Waals surface area contributed by atoms with Crippen LogP contribution in [-0.2, 0) is 6.42 Å². The van der Waals surface area contributed by atoms with Crippen LogP contribution in [-0.4, -0.2) is 15.0 Å². The normalized spacial score (nSPS) is 16.9. The van der Waals surface area contributed by atoms with Crippen molar-refractivity contribution in [3.05, 3.63) is 244 Å². The van der Waals surface area contributed by atoms with E-state index in [2.05, 4.69) is 222 Å². The summed E-state index contributed by atoms with van der Waals surface area (Å²) in [6.45, 7) is 15.6. The van der Waals surface area contributed by atoms with Crippen LogP contribution in [0.3, 0.4) is 0 Å². The van der Waals surface area contributed by atoms with Crippen molar-refractivity contribution in [2.75, 3.05) is 0 Å². The Morgan fingerprint density at radius 3 is 2.31 bits per heavy atom. The van der Waals surface area contributed by atoms with Crippen molar-refractivity contribution in [3.63, 3.8) is 0 Å². The van der Waals surface area contributed by atoms with Gasteiger partial charge in [0, 0.05) is 21.7 Å². The first-order valence-corrected chi connectivity index (χ1v) is 24.0. The minimum absolute atomic E-state index is 0.561. The highest BCUT2D eigenvalue weighted by Gasteiger charge is 2.19. The van der Waals surface area contributed by atoms with Gasteiger partial charge in [0.15, 0.2) is 5.82 Å². The summed E-state index contributed by atoms with van der Waals surface area (Å²) in [5, 5.41) is 3.26. The second kappa shape index (κ2) is 20.4. The maximum Gasteiger partial charge on any atom is 0.156 e. The summed E-state index contributed by atoms with van der Waals surface area (Å²) in [6, 6.07) is 35.4. The van der Waals surface area contributed by atoms with Crippen LogP contribution in [0, 0.1) is 12.8 Å². The number of aromatic amines is 1. The highest BCUT2D eigenvalue weighted by molar-refractivity contribution is 6.01. The van der Waals surface area contributed by atoms with Crippen LogP contribution in [0.1, 0.15) is 105 Å². The van der Waals surface area contributed by atoms with Crippen LogP contribution in [0.5, 0.6) is 0 Å². The largest absolute Gasteiger partial charge is 0.353 e. The summed E-state index contributed by atoms with van der Waals surface area (Å²) in [5.74, 6) is 1.33. The fourth-order valence-corrected chi connectivity index (χ4v) is 9.48. The quantitative estimate of drug-likeness (QED) is 0.125. The molecule has 0 radical (unpaired) electrons. The van der Waals surface area contributed by atoms with E-state index in [0.29, 0.717) is 5.92 Å². The van der Waals surface area contributed by atoms with Gasteiger partial charge in [-0.05, 0) is 164 Å². The van der Waals surface area contributed by atoms with E-state index in [1.807, 2.05) is 6.08 Å². The average molecular weight is 872 g/mol. The van der Waals surface area contributed by atoms with Gasteiger partial charge < -0.3 is 4.98 Å². The first kappa shape index (κ1) is 44.8. The highest BCUT2D eigenvalue weighted by atomic mass is 14.9. The molecule has 3 heteroatoms. The van der Waals surface area contributed by atoms with Gasteiger partial charge in [-0.3, -0.25) is 0 Å². The van der Waals surface area contributed by atoms with Gasteiger partial charge in [-0.2, -0.15) is 0 Å². The molecule has 4 aromatic carbocycles. The minimum Gasteiger partial charge on any atom is -0.353 e. The average Bonchev–Trinajstić information content (AvgIpc) is 3.73. The van der Waals surface area contributed by atoms with Crippen molar-refractivity contribution in [1.29, 1.82) is 0 Å². The number of fused-ring (bicyclic) bond motifs is 1. The van der Waals surface area contributed by atoms with Gasteiger partial charge in [0.2, 0.25) is 0 Å². The van der Waals surface area contributed by atoms with E-state index in [1.54, 1.807) is 0 Å². The number of rotatable bonds is 12. The van der Waals surface area contributed by atoms with Gasteiger partial charge in [-0.1, -0.05) is 171 Å². The summed E-state index contributed by atoms with van der Waals surface area (Å²) in [4.78, 5) is 14.7. The smallest absolute Gasteiger partial charge is 0.156 e. The number of nitrogens with one attached hydrogen (secondary N) is 1. The molecular formula is C64H61N3. The van der Waals surface area contributed by atoms with Gasteiger partial charge >= 0.3 is 0 Å². The highest BCUT2D eigenvalue weighted by Crippen LogP contribution is 2.36. The summed E-state index contributed by atoms with van der Waals surface area (Å²) in [7, 11) is 0. The van der Waals surface area contributed by atoms with Crippen LogP contribution in [0.4, 0.5) is 0 Å². The number of aryl methyl sites for hydroxylation is 1. The first-order valence-electron chi connectivity index (χ1n) is 24.0. The Bertz CT molecular complexity index is 3270. The fourth-order valence-electron chi connectivity index (χ4n) is 9.48. The van der Waals surface area contributed by atoms with Gasteiger partial charge in [0.25, 0.3) is 0 Å². The number of aromatic nitrogens is 3. The lowest BCUT2D eigenvalue weighted by atomic mass is 9.88. The molecule has 0 saturated carbocycles. The zero-order chi connectivity index (χ0) is 46.3. The van der Waals surface area contributed by atoms with Crippen molar-refractivity contribution >= 4 is 50.4 Å². The standard InChI is InChI=1S/C64H61N3/c1-7-21-52(39-56(43(3)4)57-38-51(36-32-45(57)6)48-34-30-44(5)31-35-48)58-40-53(47-24-15-10-16-25-47)41-59-55(37-33-46-22-13-9-14-23-46)62(67-63(58)59)54(8-2)61-42-60(49-26-17-11-18-27-49)65-64(66-61)50-28-19-12-20-29-50/h7-10,12-17,19,21-28,30,32,34-42,44,67H,2,11,18,20,29,31,33H2,1,3-6H3/b21-7-,52-39+,55-37-,62-54-. The second-order valence-electron chi connectivity index (χ2n) is 18.3. The Kier molecular flexibility index (Phi) is 13.7. The molecule has 3 aliphatic rings. The Labute approximate surface area is 397 Å². The van der Waals surface area contributed by atoms with Crippen LogP contribution in [0.2, 0.25) is 0 Å². The molecule has 9 rings (SSSR count). The van der Waals surface area contributed by atoms with Crippen LogP contribution in [0.25, 0.3) is 61.5 Å². The molecule has 1 atom stereocenters. The SMILES string of the molecule is C=C/C(c1cc(C2=CCCC=C2)nc(C2=CC=CCC2)n1)=c1/[nH]c2c(C(/C=C\C)=C/C(=C(C)C)c3cc(C4=CCC(C)C=C4)ccc3C)cc(-c3ccccc3)cc2/c1=C/Cc1ccccc1. The predicted octanol–water partition coefficient (Wildman–Crippen LogP) is 15.2. The lowest BCUT2D eigenvalue weighted by Gasteiger charge is -2.17. The third-order valence-electron chi connectivity index (χ3n) is 13.2. The zero-order valence-electron chi connectivity index (χ0n) is 39.7. The third kappa shape index (κ3) is 9.93. The molecule has 3 aliphatic carbocycles. The van der Waals surface area contributed by atoms with E-state index in [9.17, 15) is 0 Å². The molecule has 2 aromatic heterocycles. The van der Waals surface area contributed by atoms with Gasteiger partial charge in [0.1, 0.15) is 0 Å². The lowest BCUT2D eigenvalue weighted by Crippen LogP contribution is -2.26. The lowest BCUT2D eigenvalue weighted by molar-refractivity contribution is 0.739. The van der Waals surface area contributed by atoms with Gasteiger partial charge in [0.05, 0.1) is 22.3 Å². The van der Waals surface area contributed by atoms with Crippen molar-refractivity contribution in [2.45, 2.75) is 73.1 Å². The predicted molar refractivity (Wildman–Crippen MR) is 288 cm³/mol. The molecule has 67 heavy (non-hydrogen) atoms. The number of benzene rings is 4. The van der Waals surface area contributed by atoms with E-state index >= 15 is 0 Å². The van der Waals surface area contributed by atoms with Gasteiger partial charge in [-0.15, -0.1) is 0 Å². The number of nitrogens with zero attached hydrogens (tertiary/aromatic N) is 2. The Hall–Kier alpha value is -7.36. The van der Waals surface area contributed by atoms with Crippen molar-refractivity contribution in [1.82, 2.24) is 15.0 Å². The fraction of sp³-hybridized carbons (Fsp3) is 0.188. The number of allylic oxidation sites excluding steroid dienone is 19. The molecular weight excluding hydrogens is 811 g/mol. The summed E-state index contributed by atoms with van der Waals surface area (Å²) in [6.07, 6.45) is 37.2. The molecule has 0 amide bonds. The van der Waals surface area contributed by atoms with Gasteiger partial charge in [-0.25, -0.2) is 9.97 Å². The minimum atomic E-state index is 0.561. The molecule has 3 nitrogen and oxygen atoms in total. The molecule has 0 aliphatic heterocycles. The number of H-pyrrole nitrogens is 1. The van der Waals surface area contributed by atoms with Crippen molar-refractivity contribution < 1.29 is 0 Å². The van der Waals surface area contributed by atoms with Crippen LogP contribution in [0.15, 0.2) is 188 Å². The summed E-state index contributed by atoms with van der Waals surface area (Å²) in [5.41, 5.74) is 19.4. The number of hydrogen-bond acceptors (Lipinski definition) is 2. The Balaban J connectivity index is 1.34.